The number of hydrogen-bond donors (Lipinski definition) is 2. The van der Waals surface area contributed by atoms with Gasteiger partial charge in [0.15, 0.2) is 11.5 Å². The fourth-order valence-corrected chi connectivity index (χ4v) is 5.71. The third kappa shape index (κ3) is 7.22. The van der Waals surface area contributed by atoms with Crippen molar-refractivity contribution in [2.75, 3.05) is 38.8 Å². The normalized spacial score (nSPS) is 17.5. The van der Waals surface area contributed by atoms with Crippen LogP contribution in [0.5, 0.6) is 11.5 Å². The molecule has 224 valence electrons. The third-order valence-corrected chi connectivity index (χ3v) is 7.95. The van der Waals surface area contributed by atoms with Crippen LogP contribution in [0.25, 0.3) is 5.95 Å². The Morgan fingerprint density at radius 2 is 1.86 bits per heavy atom. The lowest BCUT2D eigenvalue weighted by molar-refractivity contribution is -0.121. The minimum absolute atomic E-state index is 0.0860. The second-order valence-electron chi connectivity index (χ2n) is 10.6. The maximum Gasteiger partial charge on any atom is 0.317 e. The van der Waals surface area contributed by atoms with Crippen LogP contribution in [-0.4, -0.2) is 82.3 Å². The lowest BCUT2D eigenvalue weighted by atomic mass is 9.96. The second-order valence-corrected chi connectivity index (χ2v) is 11.0. The van der Waals surface area contributed by atoms with Crippen molar-refractivity contribution in [2.45, 2.75) is 57.2 Å². The van der Waals surface area contributed by atoms with Crippen LogP contribution in [0.2, 0.25) is 5.15 Å². The van der Waals surface area contributed by atoms with Crippen molar-refractivity contribution in [3.05, 3.63) is 53.7 Å². The number of carbonyl (C=O) groups is 2. The van der Waals surface area contributed by atoms with Crippen molar-refractivity contribution in [3.63, 3.8) is 0 Å². The first-order valence-corrected chi connectivity index (χ1v) is 14.6. The molecule has 1 saturated heterocycles. The summed E-state index contributed by atoms with van der Waals surface area (Å²) in [7, 11) is 3.16. The highest BCUT2D eigenvalue weighted by Gasteiger charge is 2.33. The molecule has 1 saturated carbocycles. The summed E-state index contributed by atoms with van der Waals surface area (Å²) in [6.07, 6.45) is 10.6. The smallest absolute Gasteiger partial charge is 0.317 e. The molecule has 1 atom stereocenters. The van der Waals surface area contributed by atoms with Gasteiger partial charge in [-0.25, -0.2) is 14.8 Å². The predicted octanol–water partition coefficient (Wildman–Crippen LogP) is 3.57. The number of benzene rings is 1. The Morgan fingerprint density at radius 1 is 1.05 bits per heavy atom. The zero-order chi connectivity index (χ0) is 29.5. The molecule has 2 aliphatic rings. The van der Waals surface area contributed by atoms with Gasteiger partial charge >= 0.3 is 6.03 Å². The summed E-state index contributed by atoms with van der Waals surface area (Å²) in [4.78, 5) is 43.5. The fraction of sp³-hybridized carbons (Fsp3) is 0.483. The lowest BCUT2D eigenvalue weighted by Crippen LogP contribution is -2.59. The molecule has 1 unspecified atom stereocenters. The number of nitrogens with one attached hydrogen (secondary N) is 2. The van der Waals surface area contributed by atoms with Crippen molar-refractivity contribution >= 4 is 29.4 Å². The van der Waals surface area contributed by atoms with Crippen molar-refractivity contribution in [2.24, 2.45) is 0 Å². The monoisotopic (exact) mass is 596 g/mol. The number of rotatable bonds is 9. The largest absolute Gasteiger partial charge is 0.493 e. The highest BCUT2D eigenvalue weighted by molar-refractivity contribution is 6.29. The maximum atomic E-state index is 13.3. The molecule has 3 amide bonds. The van der Waals surface area contributed by atoms with Gasteiger partial charge in [-0.15, -0.1) is 0 Å². The summed E-state index contributed by atoms with van der Waals surface area (Å²) < 4.78 is 12.4. The van der Waals surface area contributed by atoms with Crippen LogP contribution in [-0.2, 0) is 11.3 Å². The molecule has 0 bridgehead atoms. The van der Waals surface area contributed by atoms with Crippen LogP contribution in [0.3, 0.4) is 0 Å². The zero-order valence-corrected chi connectivity index (χ0v) is 24.7. The van der Waals surface area contributed by atoms with Gasteiger partial charge in [-0.2, -0.15) is 4.98 Å². The summed E-state index contributed by atoms with van der Waals surface area (Å²) in [5.74, 6) is 2.03. The van der Waals surface area contributed by atoms with Gasteiger partial charge < -0.3 is 29.9 Å². The lowest BCUT2D eigenvalue weighted by Gasteiger charge is -2.42. The summed E-state index contributed by atoms with van der Waals surface area (Å²) >= 11 is 6.41. The number of amides is 3. The SMILES string of the molecule is COc1ccc(CNC(=O)CC2CN(C(=O)NC3CCCCC3)CCN2c2cc(Cl)nc(-n3ccnc3)n2)cc1OC. The third-order valence-electron chi connectivity index (χ3n) is 7.76. The summed E-state index contributed by atoms with van der Waals surface area (Å²) in [6.45, 7) is 1.67. The number of halogens is 1. The van der Waals surface area contributed by atoms with E-state index in [1.807, 2.05) is 23.1 Å². The first-order chi connectivity index (χ1) is 20.4. The van der Waals surface area contributed by atoms with E-state index in [1.54, 1.807) is 48.5 Å². The van der Waals surface area contributed by atoms with Crippen LogP contribution in [0, 0.1) is 0 Å². The van der Waals surface area contributed by atoms with Crippen LogP contribution in [0.15, 0.2) is 43.0 Å². The Morgan fingerprint density at radius 3 is 2.60 bits per heavy atom. The minimum Gasteiger partial charge on any atom is -0.493 e. The summed E-state index contributed by atoms with van der Waals surface area (Å²) in [6, 6.07) is 7.00. The van der Waals surface area contributed by atoms with Crippen molar-refractivity contribution < 1.29 is 19.1 Å². The van der Waals surface area contributed by atoms with Gasteiger partial charge in [0.05, 0.1) is 20.3 Å². The minimum atomic E-state index is -0.331. The number of piperazine rings is 1. The van der Waals surface area contributed by atoms with Gasteiger partial charge in [0.2, 0.25) is 11.9 Å². The summed E-state index contributed by atoms with van der Waals surface area (Å²) in [5, 5.41) is 6.49. The maximum absolute atomic E-state index is 13.3. The van der Waals surface area contributed by atoms with Gasteiger partial charge in [0.1, 0.15) is 17.3 Å². The number of methoxy groups -OCH3 is 2. The molecule has 1 aliphatic carbocycles. The second kappa shape index (κ2) is 13.7. The average molecular weight is 597 g/mol. The molecule has 1 aliphatic heterocycles. The van der Waals surface area contributed by atoms with Crippen LogP contribution in [0.4, 0.5) is 10.6 Å². The Balaban J connectivity index is 1.31. The van der Waals surface area contributed by atoms with Gasteiger partial charge in [0.25, 0.3) is 0 Å². The molecule has 42 heavy (non-hydrogen) atoms. The topological polar surface area (TPSA) is 127 Å². The Labute approximate surface area is 250 Å². The van der Waals surface area contributed by atoms with E-state index in [9.17, 15) is 9.59 Å². The zero-order valence-electron chi connectivity index (χ0n) is 24.0. The molecular weight excluding hydrogens is 560 g/mol. The molecule has 5 rings (SSSR count). The number of nitrogens with zero attached hydrogens (tertiary/aromatic N) is 6. The van der Waals surface area contributed by atoms with Gasteiger partial charge in [0, 0.05) is 57.1 Å². The molecule has 12 nitrogen and oxygen atoms in total. The molecule has 0 spiro atoms. The van der Waals surface area contributed by atoms with Crippen molar-refractivity contribution in [1.82, 2.24) is 35.1 Å². The molecule has 1 aromatic carbocycles. The Bertz CT molecular complexity index is 1370. The predicted molar refractivity (Wildman–Crippen MR) is 158 cm³/mol. The molecule has 13 heteroatoms. The van der Waals surface area contributed by atoms with Gasteiger partial charge in [-0.3, -0.25) is 9.36 Å². The van der Waals surface area contributed by atoms with E-state index in [4.69, 9.17) is 26.1 Å². The highest BCUT2D eigenvalue weighted by Crippen LogP contribution is 2.28. The molecule has 3 heterocycles. The number of aromatic nitrogens is 4. The molecule has 2 aromatic heterocycles. The first-order valence-electron chi connectivity index (χ1n) is 14.3. The van der Waals surface area contributed by atoms with E-state index in [2.05, 4.69) is 20.6 Å². The Hall–Kier alpha value is -4.06. The Kier molecular flexibility index (Phi) is 9.63. The van der Waals surface area contributed by atoms with E-state index >= 15 is 0 Å². The number of anilines is 1. The van der Waals surface area contributed by atoms with E-state index in [0.717, 1.165) is 31.2 Å². The van der Waals surface area contributed by atoms with E-state index in [-0.39, 0.29) is 35.6 Å². The molecular formula is C29H37ClN8O4. The highest BCUT2D eigenvalue weighted by atomic mass is 35.5. The average Bonchev–Trinajstić information content (AvgIpc) is 3.55. The van der Waals surface area contributed by atoms with Crippen LogP contribution in [0.1, 0.15) is 44.1 Å². The standard InChI is InChI=1S/C29H37ClN8O4/c1-41-23-9-8-20(14-24(23)42-2)17-32-27(39)15-22-18-36(29(40)33-21-6-4-3-5-7-21)12-13-38(22)26-16-25(30)34-28(35-26)37-11-10-31-19-37/h8-11,14,16,19,21-22H,3-7,12-13,15,17-18H2,1-2H3,(H,32,39)(H,33,40). The van der Waals surface area contributed by atoms with E-state index in [1.165, 1.54) is 6.42 Å². The van der Waals surface area contributed by atoms with Crippen LogP contribution >= 0.6 is 11.6 Å². The molecule has 2 N–H and O–H groups in total. The number of carbonyl (C=O) groups excluding carboxylic acids is 2. The van der Waals surface area contributed by atoms with Crippen LogP contribution < -0.4 is 25.0 Å². The number of urea groups is 1. The molecule has 0 radical (unpaired) electrons. The van der Waals surface area contributed by atoms with Crippen molar-refractivity contribution in [3.8, 4) is 17.4 Å². The summed E-state index contributed by atoms with van der Waals surface area (Å²) in [5.41, 5.74) is 0.877. The number of ether oxygens (including phenoxy) is 2. The first kappa shape index (κ1) is 29.4. The fourth-order valence-electron chi connectivity index (χ4n) is 5.54. The van der Waals surface area contributed by atoms with Gasteiger partial charge in [-0.1, -0.05) is 36.9 Å². The number of imidazole rings is 1. The van der Waals surface area contributed by atoms with E-state index < -0.39 is 0 Å². The van der Waals surface area contributed by atoms with Crippen molar-refractivity contribution in [1.29, 1.82) is 0 Å². The quantitative estimate of drug-likeness (QED) is 0.359. The van der Waals surface area contributed by atoms with E-state index in [0.29, 0.717) is 49.4 Å². The molecule has 2 fully saturated rings. The molecule has 3 aromatic rings. The number of hydrogen-bond acceptors (Lipinski definition) is 8. The van der Waals surface area contributed by atoms with Gasteiger partial charge in [-0.05, 0) is 30.5 Å².